The first-order chi connectivity index (χ1) is 22.8. The summed E-state index contributed by atoms with van der Waals surface area (Å²) in [6.45, 7) is 0. The molecule has 4 nitrogen and oxygen atoms in total. The van der Waals surface area contributed by atoms with Gasteiger partial charge in [-0.3, -0.25) is 4.57 Å². The summed E-state index contributed by atoms with van der Waals surface area (Å²) in [5.74, 6) is 0.656. The third-order valence-electron chi connectivity index (χ3n) is 9.33. The van der Waals surface area contributed by atoms with Gasteiger partial charge in [0.05, 0.1) is 27.8 Å². The van der Waals surface area contributed by atoms with Gasteiger partial charge in [0.1, 0.15) is 0 Å². The van der Waals surface area contributed by atoms with Gasteiger partial charge in [-0.05, 0) is 64.0 Å². The predicted molar refractivity (Wildman–Crippen MR) is 191 cm³/mol. The van der Waals surface area contributed by atoms with Crippen LogP contribution in [0.2, 0.25) is 0 Å². The van der Waals surface area contributed by atoms with E-state index in [9.17, 15) is 0 Å². The van der Waals surface area contributed by atoms with Crippen molar-refractivity contribution in [1.82, 2.24) is 19.1 Å². The Hall–Kier alpha value is -6.26. The molecule has 0 saturated carbocycles. The van der Waals surface area contributed by atoms with Crippen molar-refractivity contribution in [3.8, 4) is 22.9 Å². The fourth-order valence-corrected chi connectivity index (χ4v) is 7.25. The van der Waals surface area contributed by atoms with Gasteiger partial charge in [0, 0.05) is 39.0 Å². The molecule has 0 fully saturated rings. The first-order valence-corrected chi connectivity index (χ1v) is 15.6. The molecule has 0 spiro atoms. The quantitative estimate of drug-likeness (QED) is 0.206. The minimum Gasteiger partial charge on any atom is -0.309 e. The van der Waals surface area contributed by atoms with Crippen molar-refractivity contribution in [2.24, 2.45) is 0 Å². The Bertz CT molecular complexity index is 2800. The number of hydrogen-bond acceptors (Lipinski definition) is 2. The lowest BCUT2D eigenvalue weighted by atomic mass is 9.99. The average Bonchev–Trinajstić information content (AvgIpc) is 3.69. The van der Waals surface area contributed by atoms with Crippen LogP contribution in [0.4, 0.5) is 0 Å². The van der Waals surface area contributed by atoms with Gasteiger partial charge in [-0.1, -0.05) is 109 Å². The molecule has 0 aliphatic rings. The van der Waals surface area contributed by atoms with E-state index in [-0.39, 0.29) is 0 Å². The molecule has 3 aromatic heterocycles. The number of rotatable bonds is 3. The maximum Gasteiger partial charge on any atom is 0.235 e. The van der Waals surface area contributed by atoms with E-state index in [4.69, 9.17) is 9.97 Å². The normalized spacial score (nSPS) is 11.9. The highest BCUT2D eigenvalue weighted by Gasteiger charge is 2.19. The highest BCUT2D eigenvalue weighted by Crippen LogP contribution is 2.40. The van der Waals surface area contributed by atoms with Crippen LogP contribution in [0.1, 0.15) is 0 Å². The molecule has 0 N–H and O–H groups in total. The second-order valence-corrected chi connectivity index (χ2v) is 11.9. The molecular formula is C42H26N4. The molecule has 7 aromatic carbocycles. The van der Waals surface area contributed by atoms with Gasteiger partial charge < -0.3 is 4.57 Å². The topological polar surface area (TPSA) is 35.6 Å². The molecule has 0 saturated heterocycles. The van der Waals surface area contributed by atoms with Crippen LogP contribution in [-0.4, -0.2) is 19.1 Å². The van der Waals surface area contributed by atoms with E-state index in [1.807, 2.05) is 6.07 Å². The van der Waals surface area contributed by atoms with E-state index in [1.165, 1.54) is 37.8 Å². The predicted octanol–water partition coefficient (Wildman–Crippen LogP) is 10.6. The molecule has 10 aromatic rings. The van der Waals surface area contributed by atoms with Gasteiger partial charge in [-0.2, -0.15) is 0 Å². The number of benzene rings is 7. The third-order valence-corrected chi connectivity index (χ3v) is 9.33. The summed E-state index contributed by atoms with van der Waals surface area (Å²) in [5, 5.41) is 9.57. The molecule has 4 heteroatoms. The largest absolute Gasteiger partial charge is 0.309 e. The summed E-state index contributed by atoms with van der Waals surface area (Å²) in [6, 6.07) is 53.9. The summed E-state index contributed by atoms with van der Waals surface area (Å²) < 4.78 is 4.53. The third kappa shape index (κ3) is 3.61. The van der Waals surface area contributed by atoms with Gasteiger partial charge in [-0.15, -0.1) is 0 Å². The molecule has 0 amide bonds. The fourth-order valence-electron chi connectivity index (χ4n) is 7.25. The standard InChI is InChI=1S/C42H26N4/c1-2-14-30(15-3-1)46-37-22-21-28-12-5-7-17-32(28)40(37)35-25-29-23-24-45(38(29)26-39(35)46)42-43-36-20-9-8-18-34(36)41(44-42)33-19-10-13-27-11-4-6-16-31(27)33/h1-26H. The Labute approximate surface area is 264 Å². The van der Waals surface area contributed by atoms with Crippen LogP contribution in [0, 0.1) is 0 Å². The molecule has 0 radical (unpaired) electrons. The zero-order valence-electron chi connectivity index (χ0n) is 24.8. The smallest absolute Gasteiger partial charge is 0.235 e. The molecule has 0 bridgehead atoms. The van der Waals surface area contributed by atoms with Crippen molar-refractivity contribution >= 4 is 65.2 Å². The lowest BCUT2D eigenvalue weighted by Gasteiger charge is -2.13. The molecule has 0 aliphatic carbocycles. The van der Waals surface area contributed by atoms with Crippen molar-refractivity contribution in [2.75, 3.05) is 0 Å². The molecule has 0 atom stereocenters. The van der Waals surface area contributed by atoms with Gasteiger partial charge in [0.15, 0.2) is 0 Å². The number of fused-ring (bicyclic) bond motifs is 8. The van der Waals surface area contributed by atoms with Crippen LogP contribution < -0.4 is 0 Å². The number of nitrogens with zero attached hydrogens (tertiary/aromatic N) is 4. The zero-order chi connectivity index (χ0) is 30.2. The fraction of sp³-hybridized carbons (Fsp3) is 0. The summed E-state index contributed by atoms with van der Waals surface area (Å²) in [7, 11) is 0. The minimum atomic E-state index is 0.656. The summed E-state index contributed by atoms with van der Waals surface area (Å²) in [5.41, 5.74) is 7.51. The molecule has 0 aliphatic heterocycles. The second kappa shape index (κ2) is 9.62. The molecular weight excluding hydrogens is 560 g/mol. The highest BCUT2D eigenvalue weighted by molar-refractivity contribution is 6.23. The first kappa shape index (κ1) is 25.1. The molecule has 214 valence electrons. The lowest BCUT2D eigenvalue weighted by Crippen LogP contribution is -2.03. The zero-order valence-corrected chi connectivity index (χ0v) is 24.8. The van der Waals surface area contributed by atoms with Gasteiger partial charge in [-0.25, -0.2) is 9.97 Å². The van der Waals surface area contributed by atoms with Crippen molar-refractivity contribution in [1.29, 1.82) is 0 Å². The lowest BCUT2D eigenvalue weighted by molar-refractivity contribution is 0.984. The maximum atomic E-state index is 5.30. The Morgan fingerprint density at radius 3 is 2.02 bits per heavy atom. The second-order valence-electron chi connectivity index (χ2n) is 11.9. The Morgan fingerprint density at radius 2 is 1.15 bits per heavy atom. The Kier molecular flexibility index (Phi) is 5.25. The van der Waals surface area contributed by atoms with E-state index < -0.39 is 0 Å². The van der Waals surface area contributed by atoms with Crippen molar-refractivity contribution in [3.63, 3.8) is 0 Å². The first-order valence-electron chi connectivity index (χ1n) is 15.6. The summed E-state index contributed by atoms with van der Waals surface area (Å²) in [6.07, 6.45) is 2.10. The SMILES string of the molecule is c1ccc(-n2c3cc4c(ccn4-c4nc(-c5cccc6ccccc56)c5ccccc5n4)cc3c3c4ccccc4ccc32)cc1. The van der Waals surface area contributed by atoms with Crippen LogP contribution in [0.5, 0.6) is 0 Å². The van der Waals surface area contributed by atoms with Crippen LogP contribution in [0.25, 0.3) is 88.0 Å². The number of aromatic nitrogens is 4. The van der Waals surface area contributed by atoms with E-state index in [0.29, 0.717) is 5.95 Å². The van der Waals surface area contributed by atoms with Gasteiger partial charge in [0.2, 0.25) is 5.95 Å². The molecule has 46 heavy (non-hydrogen) atoms. The van der Waals surface area contributed by atoms with Crippen LogP contribution >= 0.6 is 0 Å². The number of para-hydroxylation sites is 2. The van der Waals surface area contributed by atoms with Crippen molar-refractivity contribution in [2.45, 2.75) is 0 Å². The van der Waals surface area contributed by atoms with Gasteiger partial charge >= 0.3 is 0 Å². The van der Waals surface area contributed by atoms with E-state index in [2.05, 4.69) is 161 Å². The average molecular weight is 587 g/mol. The maximum absolute atomic E-state index is 5.30. The van der Waals surface area contributed by atoms with Crippen LogP contribution in [0.3, 0.4) is 0 Å². The summed E-state index contributed by atoms with van der Waals surface area (Å²) in [4.78, 5) is 10.4. The Morgan fingerprint density at radius 1 is 0.435 bits per heavy atom. The molecule has 0 unspecified atom stereocenters. The van der Waals surface area contributed by atoms with Crippen LogP contribution in [0.15, 0.2) is 158 Å². The van der Waals surface area contributed by atoms with E-state index in [1.54, 1.807) is 0 Å². The monoisotopic (exact) mass is 586 g/mol. The Balaban J connectivity index is 1.28. The van der Waals surface area contributed by atoms with E-state index in [0.717, 1.165) is 44.3 Å². The van der Waals surface area contributed by atoms with Crippen molar-refractivity contribution < 1.29 is 0 Å². The van der Waals surface area contributed by atoms with E-state index >= 15 is 0 Å². The number of hydrogen-bond donors (Lipinski definition) is 0. The van der Waals surface area contributed by atoms with Crippen LogP contribution in [-0.2, 0) is 0 Å². The van der Waals surface area contributed by atoms with Crippen molar-refractivity contribution in [3.05, 3.63) is 158 Å². The molecule has 3 heterocycles. The summed E-state index contributed by atoms with van der Waals surface area (Å²) >= 11 is 0. The highest BCUT2D eigenvalue weighted by atomic mass is 15.1. The minimum absolute atomic E-state index is 0.656. The molecule has 10 rings (SSSR count). The van der Waals surface area contributed by atoms with Gasteiger partial charge in [0.25, 0.3) is 0 Å².